The minimum atomic E-state index is -0.965. The number of carbonyl (C=O) groups excluding carboxylic acids is 1. The van der Waals surface area contributed by atoms with Gasteiger partial charge in [-0.1, -0.05) is 52.3 Å². The lowest BCUT2D eigenvalue weighted by Gasteiger charge is -2.22. The van der Waals surface area contributed by atoms with E-state index in [0.717, 1.165) is 21.2 Å². The van der Waals surface area contributed by atoms with Crippen molar-refractivity contribution in [1.29, 1.82) is 0 Å². The molecule has 8 nitrogen and oxygen atoms in total. The van der Waals surface area contributed by atoms with Gasteiger partial charge >= 0.3 is 5.97 Å². The van der Waals surface area contributed by atoms with Gasteiger partial charge in [-0.2, -0.15) is 15.4 Å². The summed E-state index contributed by atoms with van der Waals surface area (Å²) < 4.78 is 6.05. The van der Waals surface area contributed by atoms with E-state index >= 15 is 0 Å². The van der Waals surface area contributed by atoms with Gasteiger partial charge in [-0.05, 0) is 41.7 Å². The Hall–Kier alpha value is -3.04. The zero-order valence-corrected chi connectivity index (χ0v) is 18.5. The third-order valence-corrected chi connectivity index (χ3v) is 5.36. The first-order valence-electron chi connectivity index (χ1n) is 9.69. The molecule has 0 spiro atoms. The van der Waals surface area contributed by atoms with Crippen LogP contribution >= 0.6 is 15.9 Å². The van der Waals surface area contributed by atoms with Crippen LogP contribution in [0.4, 0.5) is 0 Å². The van der Waals surface area contributed by atoms with E-state index in [-0.39, 0.29) is 18.7 Å². The molecule has 0 saturated heterocycles. The van der Waals surface area contributed by atoms with Crippen LogP contribution in [-0.2, 0) is 16.0 Å². The molecule has 0 fully saturated rings. The number of benzene rings is 2. The van der Waals surface area contributed by atoms with E-state index in [4.69, 9.17) is 4.74 Å². The molecule has 2 atom stereocenters. The first-order valence-corrected chi connectivity index (χ1v) is 10.5. The van der Waals surface area contributed by atoms with Gasteiger partial charge in [0.1, 0.15) is 0 Å². The molecule has 3 N–H and O–H groups in total. The summed E-state index contributed by atoms with van der Waals surface area (Å²) in [4.78, 5) is 24.1. The van der Waals surface area contributed by atoms with E-state index in [1.165, 1.54) is 13.3 Å². The van der Waals surface area contributed by atoms with Crippen LogP contribution in [0, 0.1) is 5.92 Å². The normalized spacial score (nSPS) is 12.8. The monoisotopic (exact) mass is 486 g/mol. The molecule has 31 heavy (non-hydrogen) atoms. The molecular formula is C22H23BrN4O4. The van der Waals surface area contributed by atoms with Gasteiger partial charge in [0, 0.05) is 17.6 Å². The first kappa shape index (κ1) is 22.6. The molecule has 0 aliphatic carbocycles. The third-order valence-electron chi connectivity index (χ3n) is 4.86. The zero-order chi connectivity index (χ0) is 22.2. The van der Waals surface area contributed by atoms with Gasteiger partial charge in [0.25, 0.3) is 5.91 Å². The fourth-order valence-corrected chi connectivity index (χ4v) is 3.73. The highest BCUT2D eigenvalue weighted by atomic mass is 79.9. The number of nitrogens with zero attached hydrogens (tertiary/aromatic N) is 2. The van der Waals surface area contributed by atoms with Crippen molar-refractivity contribution in [2.24, 2.45) is 5.92 Å². The average Bonchev–Trinajstić information content (AvgIpc) is 3.29. The molecule has 3 aromatic rings. The molecule has 162 valence electrons. The van der Waals surface area contributed by atoms with Crippen LogP contribution in [0.5, 0.6) is 0 Å². The molecule has 0 aliphatic rings. The summed E-state index contributed by atoms with van der Waals surface area (Å²) in [6.45, 7) is 0.0630. The Balaban J connectivity index is 1.76. The summed E-state index contributed by atoms with van der Waals surface area (Å²) in [5.74, 6) is -2.12. The highest BCUT2D eigenvalue weighted by molar-refractivity contribution is 9.10. The SMILES string of the molecule is COC[C@H](C[C@@H](Cc1ccc(-c2cccc(Br)c2)cc1)NC(=O)c1cn[nH]n1)C(=O)O. The number of carboxylic acids is 1. The van der Waals surface area contributed by atoms with Gasteiger partial charge in [-0.15, -0.1) is 0 Å². The predicted octanol–water partition coefficient (Wildman–Crippen LogP) is 3.31. The average molecular weight is 487 g/mol. The Morgan fingerprint density at radius 2 is 1.97 bits per heavy atom. The molecule has 2 aromatic carbocycles. The van der Waals surface area contributed by atoms with Crippen LogP contribution in [0.3, 0.4) is 0 Å². The second-order valence-electron chi connectivity index (χ2n) is 7.16. The number of nitrogens with one attached hydrogen (secondary N) is 2. The van der Waals surface area contributed by atoms with E-state index in [1.54, 1.807) is 0 Å². The number of aromatic nitrogens is 3. The molecular weight excluding hydrogens is 464 g/mol. The summed E-state index contributed by atoms with van der Waals surface area (Å²) in [6.07, 6.45) is 2.01. The lowest BCUT2D eigenvalue weighted by Crippen LogP contribution is -2.40. The Morgan fingerprint density at radius 1 is 1.19 bits per heavy atom. The minimum absolute atomic E-state index is 0.0630. The molecule has 1 heterocycles. The largest absolute Gasteiger partial charge is 0.481 e. The summed E-state index contributed by atoms with van der Waals surface area (Å²) >= 11 is 3.48. The second kappa shape index (κ2) is 10.8. The molecule has 0 radical (unpaired) electrons. The number of methoxy groups -OCH3 is 1. The summed E-state index contributed by atoms with van der Waals surface area (Å²) in [5, 5.41) is 22.2. The lowest BCUT2D eigenvalue weighted by molar-refractivity contribution is -0.144. The predicted molar refractivity (Wildman–Crippen MR) is 119 cm³/mol. The second-order valence-corrected chi connectivity index (χ2v) is 8.08. The molecule has 1 aromatic heterocycles. The number of ether oxygens (including phenoxy) is 1. The van der Waals surface area contributed by atoms with Gasteiger partial charge < -0.3 is 15.2 Å². The van der Waals surface area contributed by atoms with Crippen LogP contribution in [0.15, 0.2) is 59.2 Å². The Kier molecular flexibility index (Phi) is 7.91. The van der Waals surface area contributed by atoms with Crippen molar-refractivity contribution in [3.8, 4) is 11.1 Å². The van der Waals surface area contributed by atoms with Crippen molar-refractivity contribution in [2.75, 3.05) is 13.7 Å². The summed E-state index contributed by atoms with van der Waals surface area (Å²) in [7, 11) is 1.46. The van der Waals surface area contributed by atoms with Crippen molar-refractivity contribution < 1.29 is 19.4 Å². The lowest BCUT2D eigenvalue weighted by atomic mass is 9.94. The number of halogens is 1. The molecule has 0 bridgehead atoms. The minimum Gasteiger partial charge on any atom is -0.481 e. The van der Waals surface area contributed by atoms with E-state index in [1.807, 2.05) is 48.5 Å². The first-order chi connectivity index (χ1) is 15.0. The van der Waals surface area contributed by atoms with Crippen molar-refractivity contribution in [3.63, 3.8) is 0 Å². The summed E-state index contributed by atoms with van der Waals surface area (Å²) in [6, 6.07) is 15.6. The third kappa shape index (κ3) is 6.47. The molecule has 0 aliphatic heterocycles. The number of rotatable bonds is 10. The van der Waals surface area contributed by atoms with Crippen LogP contribution in [0.2, 0.25) is 0 Å². The van der Waals surface area contributed by atoms with Gasteiger partial charge in [0.15, 0.2) is 5.69 Å². The number of carboxylic acid groups (broad SMARTS) is 1. The van der Waals surface area contributed by atoms with E-state index in [9.17, 15) is 14.7 Å². The number of carbonyl (C=O) groups is 2. The molecule has 0 saturated carbocycles. The maximum atomic E-state index is 12.5. The number of amides is 1. The Bertz CT molecular complexity index is 1010. The maximum absolute atomic E-state index is 12.5. The van der Waals surface area contributed by atoms with Crippen molar-refractivity contribution in [1.82, 2.24) is 20.7 Å². The van der Waals surface area contributed by atoms with Crippen molar-refractivity contribution >= 4 is 27.8 Å². The fourth-order valence-electron chi connectivity index (χ4n) is 3.33. The van der Waals surface area contributed by atoms with Gasteiger partial charge in [-0.25, -0.2) is 0 Å². The van der Waals surface area contributed by atoms with Gasteiger partial charge in [0.2, 0.25) is 0 Å². The number of hydrogen-bond acceptors (Lipinski definition) is 5. The summed E-state index contributed by atoms with van der Waals surface area (Å²) in [5.41, 5.74) is 3.28. The quantitative estimate of drug-likeness (QED) is 0.404. The van der Waals surface area contributed by atoms with Gasteiger partial charge in [-0.3, -0.25) is 9.59 Å². The Morgan fingerprint density at radius 3 is 2.58 bits per heavy atom. The van der Waals surface area contributed by atoms with Crippen LogP contribution in [-0.4, -0.2) is 52.2 Å². The number of H-pyrrole nitrogens is 1. The van der Waals surface area contributed by atoms with Crippen LogP contribution in [0.1, 0.15) is 22.5 Å². The number of aromatic amines is 1. The van der Waals surface area contributed by atoms with Crippen molar-refractivity contribution in [3.05, 3.63) is 70.5 Å². The number of hydrogen-bond donors (Lipinski definition) is 3. The van der Waals surface area contributed by atoms with E-state index in [0.29, 0.717) is 6.42 Å². The van der Waals surface area contributed by atoms with E-state index in [2.05, 4.69) is 36.7 Å². The van der Waals surface area contributed by atoms with Crippen LogP contribution in [0.25, 0.3) is 11.1 Å². The van der Waals surface area contributed by atoms with E-state index < -0.39 is 23.8 Å². The molecule has 0 unspecified atom stereocenters. The highest BCUT2D eigenvalue weighted by Gasteiger charge is 2.25. The van der Waals surface area contributed by atoms with Crippen molar-refractivity contribution in [2.45, 2.75) is 18.9 Å². The highest BCUT2D eigenvalue weighted by Crippen LogP contribution is 2.24. The number of aliphatic carboxylic acids is 1. The maximum Gasteiger partial charge on any atom is 0.308 e. The molecule has 1 amide bonds. The fraction of sp³-hybridized carbons (Fsp3) is 0.273. The smallest absolute Gasteiger partial charge is 0.308 e. The molecule has 9 heteroatoms. The van der Waals surface area contributed by atoms with Gasteiger partial charge in [0.05, 0.1) is 18.7 Å². The Labute approximate surface area is 188 Å². The standard InChI is InChI=1S/C22H23BrN4O4/c1-31-13-17(22(29)30)11-19(25-21(28)20-12-24-27-26-20)9-14-5-7-15(8-6-14)16-3-2-4-18(23)10-16/h2-8,10,12,17,19H,9,11,13H2,1H3,(H,25,28)(H,29,30)(H,24,26,27)/t17-,19+/m0/s1. The van der Waals surface area contributed by atoms with Crippen LogP contribution < -0.4 is 5.32 Å². The zero-order valence-electron chi connectivity index (χ0n) is 16.9. The molecule has 3 rings (SSSR count). The topological polar surface area (TPSA) is 117 Å².